The van der Waals surface area contributed by atoms with Crippen molar-refractivity contribution in [1.29, 1.82) is 0 Å². The van der Waals surface area contributed by atoms with Crippen molar-refractivity contribution in [3.05, 3.63) is 30.0 Å². The van der Waals surface area contributed by atoms with E-state index in [9.17, 15) is 9.59 Å². The van der Waals surface area contributed by atoms with Crippen LogP contribution in [0.5, 0.6) is 0 Å². The monoisotopic (exact) mass is 244 g/mol. The number of carbonyl (C=O) groups is 2. The van der Waals surface area contributed by atoms with Gasteiger partial charge in [0.05, 0.1) is 11.6 Å². The van der Waals surface area contributed by atoms with Crippen LogP contribution in [-0.4, -0.2) is 34.6 Å². The molecule has 0 radical (unpaired) electrons. The Hall–Kier alpha value is -2.37. The van der Waals surface area contributed by atoms with Crippen LogP contribution in [0.3, 0.4) is 0 Å². The third kappa shape index (κ3) is 1.81. The molecule has 6 nitrogen and oxygen atoms in total. The van der Waals surface area contributed by atoms with Crippen molar-refractivity contribution in [2.75, 3.05) is 6.54 Å². The fourth-order valence-corrected chi connectivity index (χ4v) is 2.10. The van der Waals surface area contributed by atoms with E-state index in [0.29, 0.717) is 18.7 Å². The largest absolute Gasteiger partial charge is 0.354 e. The Morgan fingerprint density at radius 2 is 2.22 bits per heavy atom. The molecular weight excluding hydrogens is 232 g/mol. The number of hydrogen-bond acceptors (Lipinski definition) is 3. The topological polar surface area (TPSA) is 86.9 Å². The lowest BCUT2D eigenvalue weighted by Gasteiger charge is -2.08. The van der Waals surface area contributed by atoms with Crippen molar-refractivity contribution < 1.29 is 9.59 Å². The number of nitrogens with one attached hydrogen (secondary N) is 3. The zero-order valence-electron chi connectivity index (χ0n) is 9.56. The summed E-state index contributed by atoms with van der Waals surface area (Å²) >= 11 is 0. The number of carbonyl (C=O) groups excluding carboxylic acids is 2. The van der Waals surface area contributed by atoms with Crippen LogP contribution in [0.2, 0.25) is 0 Å². The Morgan fingerprint density at radius 1 is 1.39 bits per heavy atom. The van der Waals surface area contributed by atoms with Gasteiger partial charge in [-0.3, -0.25) is 14.7 Å². The van der Waals surface area contributed by atoms with Crippen LogP contribution in [0.4, 0.5) is 0 Å². The molecule has 18 heavy (non-hydrogen) atoms. The van der Waals surface area contributed by atoms with Gasteiger partial charge in [-0.15, -0.1) is 0 Å². The molecular formula is C12H12N4O2. The summed E-state index contributed by atoms with van der Waals surface area (Å²) in [7, 11) is 0. The van der Waals surface area contributed by atoms with Gasteiger partial charge in [-0.25, -0.2) is 0 Å². The summed E-state index contributed by atoms with van der Waals surface area (Å²) in [6.45, 7) is 0.479. The molecule has 2 heterocycles. The van der Waals surface area contributed by atoms with Crippen LogP contribution in [0, 0.1) is 0 Å². The van der Waals surface area contributed by atoms with Gasteiger partial charge >= 0.3 is 0 Å². The number of para-hydroxylation sites is 1. The Labute approximate surface area is 103 Å². The van der Waals surface area contributed by atoms with Crippen molar-refractivity contribution in [2.24, 2.45) is 0 Å². The molecule has 1 atom stereocenters. The van der Waals surface area contributed by atoms with Crippen molar-refractivity contribution in [1.82, 2.24) is 20.8 Å². The predicted octanol–water partition coefficient (Wildman–Crippen LogP) is 0.181. The van der Waals surface area contributed by atoms with E-state index < -0.39 is 0 Å². The lowest BCUT2D eigenvalue weighted by molar-refractivity contribution is -0.119. The Morgan fingerprint density at radius 3 is 3.00 bits per heavy atom. The van der Waals surface area contributed by atoms with Gasteiger partial charge in [0.1, 0.15) is 0 Å². The predicted molar refractivity (Wildman–Crippen MR) is 65.0 cm³/mol. The molecule has 1 aromatic heterocycles. The van der Waals surface area contributed by atoms with Gasteiger partial charge in [0, 0.05) is 18.4 Å². The number of benzene rings is 1. The summed E-state index contributed by atoms with van der Waals surface area (Å²) < 4.78 is 0. The molecule has 1 aromatic carbocycles. The van der Waals surface area contributed by atoms with Gasteiger partial charge in [-0.05, 0) is 6.07 Å². The van der Waals surface area contributed by atoms with Crippen LogP contribution in [0.15, 0.2) is 24.3 Å². The second-order valence-electron chi connectivity index (χ2n) is 4.30. The van der Waals surface area contributed by atoms with Crippen LogP contribution < -0.4 is 10.6 Å². The maximum Gasteiger partial charge on any atom is 0.272 e. The Kier molecular flexibility index (Phi) is 2.47. The molecule has 2 amide bonds. The highest BCUT2D eigenvalue weighted by atomic mass is 16.2. The number of nitrogens with zero attached hydrogens (tertiary/aromatic N) is 1. The summed E-state index contributed by atoms with van der Waals surface area (Å²) in [5.74, 6) is -0.291. The average molecular weight is 244 g/mol. The number of amides is 2. The molecule has 0 aliphatic carbocycles. The summed E-state index contributed by atoms with van der Waals surface area (Å²) in [4.78, 5) is 23.1. The molecule has 6 heteroatoms. The van der Waals surface area contributed by atoms with Crippen molar-refractivity contribution in [3.8, 4) is 0 Å². The second kappa shape index (κ2) is 4.14. The molecule has 3 N–H and O–H groups in total. The average Bonchev–Trinajstić information content (AvgIpc) is 2.95. The summed E-state index contributed by atoms with van der Waals surface area (Å²) in [6, 6.07) is 7.28. The molecule has 2 aromatic rings. The third-order valence-corrected chi connectivity index (χ3v) is 3.00. The molecule has 1 aliphatic heterocycles. The normalized spacial score (nSPS) is 18.9. The number of fused-ring (bicyclic) bond motifs is 1. The summed E-state index contributed by atoms with van der Waals surface area (Å²) in [6.07, 6.45) is 0.327. The van der Waals surface area contributed by atoms with E-state index in [-0.39, 0.29) is 17.9 Å². The number of aromatic amines is 1. The third-order valence-electron chi connectivity index (χ3n) is 3.00. The Bertz CT molecular complexity index is 619. The van der Waals surface area contributed by atoms with E-state index in [1.165, 1.54) is 0 Å². The van der Waals surface area contributed by atoms with Gasteiger partial charge in [-0.2, -0.15) is 5.10 Å². The molecule has 0 bridgehead atoms. The minimum Gasteiger partial charge on any atom is -0.354 e. The molecule has 0 saturated carbocycles. The first-order valence-electron chi connectivity index (χ1n) is 5.75. The summed E-state index contributed by atoms with van der Waals surface area (Å²) in [5.41, 5.74) is 1.19. The van der Waals surface area contributed by atoms with Crippen LogP contribution in [-0.2, 0) is 4.79 Å². The lowest BCUT2D eigenvalue weighted by atomic mass is 10.2. The first-order valence-corrected chi connectivity index (χ1v) is 5.75. The summed E-state index contributed by atoms with van der Waals surface area (Å²) in [5, 5.41) is 13.1. The highest BCUT2D eigenvalue weighted by molar-refractivity contribution is 6.04. The second-order valence-corrected chi connectivity index (χ2v) is 4.30. The molecule has 1 saturated heterocycles. The molecule has 1 unspecified atom stereocenters. The van der Waals surface area contributed by atoms with E-state index >= 15 is 0 Å². The molecule has 3 rings (SSSR count). The quantitative estimate of drug-likeness (QED) is 0.704. The lowest BCUT2D eigenvalue weighted by Crippen LogP contribution is -2.36. The molecule has 1 aliphatic rings. The van der Waals surface area contributed by atoms with Gasteiger partial charge in [0.15, 0.2) is 5.69 Å². The minimum absolute atomic E-state index is 0.0350. The van der Waals surface area contributed by atoms with Gasteiger partial charge in [0.25, 0.3) is 5.91 Å². The van der Waals surface area contributed by atoms with E-state index in [2.05, 4.69) is 20.8 Å². The van der Waals surface area contributed by atoms with Crippen molar-refractivity contribution >= 4 is 22.7 Å². The zero-order chi connectivity index (χ0) is 12.5. The standard InChI is InChI=1S/C12H12N4O2/c17-10-5-7(6-13-10)14-12(18)11-8-3-1-2-4-9(8)15-16-11/h1-4,7H,5-6H2,(H,13,17)(H,14,18)(H,15,16). The maximum atomic E-state index is 12.0. The SMILES string of the molecule is O=C1CC(NC(=O)c2n[nH]c3ccccc23)CN1. The van der Waals surface area contributed by atoms with E-state index in [1.807, 2.05) is 24.3 Å². The highest BCUT2D eigenvalue weighted by Crippen LogP contribution is 2.15. The number of H-pyrrole nitrogens is 1. The first kappa shape index (κ1) is 10.8. The molecule has 1 fully saturated rings. The fourth-order valence-electron chi connectivity index (χ4n) is 2.10. The first-order chi connectivity index (χ1) is 8.74. The Balaban J connectivity index is 1.82. The smallest absolute Gasteiger partial charge is 0.272 e. The van der Waals surface area contributed by atoms with Gasteiger partial charge < -0.3 is 10.6 Å². The van der Waals surface area contributed by atoms with E-state index in [0.717, 1.165) is 10.9 Å². The fraction of sp³-hybridized carbons (Fsp3) is 0.250. The van der Waals surface area contributed by atoms with Gasteiger partial charge in [-0.1, -0.05) is 18.2 Å². The van der Waals surface area contributed by atoms with Gasteiger partial charge in [0.2, 0.25) is 5.91 Å². The van der Waals surface area contributed by atoms with Crippen molar-refractivity contribution in [3.63, 3.8) is 0 Å². The van der Waals surface area contributed by atoms with E-state index in [4.69, 9.17) is 0 Å². The van der Waals surface area contributed by atoms with Crippen molar-refractivity contribution in [2.45, 2.75) is 12.5 Å². The number of aromatic nitrogens is 2. The maximum absolute atomic E-state index is 12.0. The van der Waals surface area contributed by atoms with Crippen LogP contribution in [0.25, 0.3) is 10.9 Å². The molecule has 92 valence electrons. The molecule has 0 spiro atoms. The minimum atomic E-state index is -0.256. The van der Waals surface area contributed by atoms with E-state index in [1.54, 1.807) is 0 Å². The zero-order valence-corrected chi connectivity index (χ0v) is 9.56. The number of rotatable bonds is 2. The van der Waals surface area contributed by atoms with Crippen LogP contribution in [0.1, 0.15) is 16.9 Å². The highest BCUT2D eigenvalue weighted by Gasteiger charge is 2.24. The number of hydrogen-bond donors (Lipinski definition) is 3. The van der Waals surface area contributed by atoms with Crippen LogP contribution >= 0.6 is 0 Å².